The van der Waals surface area contributed by atoms with Crippen LogP contribution in [0, 0.1) is 0 Å². The topological polar surface area (TPSA) is 29.5 Å². The highest BCUT2D eigenvalue weighted by atomic mass is 79.9. The predicted octanol–water partition coefficient (Wildman–Crippen LogP) is 2.86. The highest BCUT2D eigenvalue weighted by Gasteiger charge is 2.00. The molecule has 0 amide bonds. The summed E-state index contributed by atoms with van der Waals surface area (Å²) in [7, 11) is 0. The fraction of sp³-hybridized carbons (Fsp3) is 0.333. The zero-order valence-corrected chi connectivity index (χ0v) is 9.31. The van der Waals surface area contributed by atoms with Gasteiger partial charge < -0.3 is 9.84 Å². The van der Waals surface area contributed by atoms with Crippen molar-refractivity contribution in [2.45, 2.75) is 6.42 Å². The summed E-state index contributed by atoms with van der Waals surface area (Å²) in [6.45, 7) is 0.655. The average Bonchev–Trinajstić information content (AvgIpc) is 2.09. The van der Waals surface area contributed by atoms with Gasteiger partial charge in [0.05, 0.1) is 11.1 Å². The third-order valence-electron chi connectivity index (χ3n) is 1.45. The van der Waals surface area contributed by atoms with Gasteiger partial charge in [-0.1, -0.05) is 11.6 Å². The minimum atomic E-state index is 0.144. The summed E-state index contributed by atoms with van der Waals surface area (Å²) in [4.78, 5) is 0. The minimum Gasteiger partial charge on any atom is -0.492 e. The van der Waals surface area contributed by atoms with Gasteiger partial charge in [-0.3, -0.25) is 0 Å². The van der Waals surface area contributed by atoms with Gasteiger partial charge in [-0.2, -0.15) is 0 Å². The second-order valence-corrected chi connectivity index (χ2v) is 3.79. The fourth-order valence-electron chi connectivity index (χ4n) is 0.839. The molecular formula is C9H10BrClO2. The number of hydrogen-bond donors (Lipinski definition) is 1. The SMILES string of the molecule is OCCCOc1ccc(Cl)cc1Br. The molecule has 72 valence electrons. The van der Waals surface area contributed by atoms with Gasteiger partial charge >= 0.3 is 0 Å². The Hall–Kier alpha value is -0.250. The number of hydrogen-bond acceptors (Lipinski definition) is 2. The number of aliphatic hydroxyl groups is 1. The van der Waals surface area contributed by atoms with Crippen LogP contribution >= 0.6 is 27.5 Å². The summed E-state index contributed by atoms with van der Waals surface area (Å²) in [6.07, 6.45) is 0.634. The van der Waals surface area contributed by atoms with Crippen molar-refractivity contribution in [2.24, 2.45) is 0 Å². The molecule has 0 saturated carbocycles. The van der Waals surface area contributed by atoms with Gasteiger partial charge in [0, 0.05) is 18.1 Å². The molecule has 0 radical (unpaired) electrons. The van der Waals surface area contributed by atoms with Crippen molar-refractivity contribution in [3.05, 3.63) is 27.7 Å². The maximum absolute atomic E-state index is 8.54. The maximum atomic E-state index is 8.54. The first-order chi connectivity index (χ1) is 6.24. The van der Waals surface area contributed by atoms with Crippen LogP contribution in [0.4, 0.5) is 0 Å². The number of ether oxygens (including phenoxy) is 1. The van der Waals surface area contributed by atoms with Crippen molar-refractivity contribution in [3.8, 4) is 5.75 Å². The van der Waals surface area contributed by atoms with Crippen LogP contribution in [0.15, 0.2) is 22.7 Å². The molecule has 0 aliphatic carbocycles. The van der Waals surface area contributed by atoms with E-state index in [0.29, 0.717) is 18.1 Å². The van der Waals surface area contributed by atoms with Crippen molar-refractivity contribution < 1.29 is 9.84 Å². The summed E-state index contributed by atoms with van der Waals surface area (Å²) in [5.41, 5.74) is 0. The van der Waals surface area contributed by atoms with Crippen LogP contribution in [0.3, 0.4) is 0 Å². The zero-order valence-electron chi connectivity index (χ0n) is 6.96. The predicted molar refractivity (Wildman–Crippen MR) is 56.3 cm³/mol. The van der Waals surface area contributed by atoms with Gasteiger partial charge in [-0.05, 0) is 34.1 Å². The third-order valence-corrected chi connectivity index (χ3v) is 2.31. The Morgan fingerprint density at radius 2 is 2.23 bits per heavy atom. The van der Waals surface area contributed by atoms with Crippen LogP contribution in [0.2, 0.25) is 5.02 Å². The average molecular weight is 266 g/mol. The second kappa shape index (κ2) is 5.47. The number of benzene rings is 1. The largest absolute Gasteiger partial charge is 0.492 e. The monoisotopic (exact) mass is 264 g/mol. The Labute approximate surface area is 90.6 Å². The van der Waals surface area contributed by atoms with E-state index in [0.717, 1.165) is 10.2 Å². The lowest BCUT2D eigenvalue weighted by atomic mass is 10.3. The molecule has 2 nitrogen and oxygen atoms in total. The van der Waals surface area contributed by atoms with Crippen LogP contribution in [-0.2, 0) is 0 Å². The van der Waals surface area contributed by atoms with E-state index in [1.165, 1.54) is 0 Å². The van der Waals surface area contributed by atoms with E-state index in [1.54, 1.807) is 18.2 Å². The first-order valence-electron chi connectivity index (χ1n) is 3.93. The molecule has 0 saturated heterocycles. The summed E-state index contributed by atoms with van der Waals surface area (Å²) in [5, 5.41) is 9.21. The molecule has 0 aliphatic rings. The Balaban J connectivity index is 2.56. The summed E-state index contributed by atoms with van der Waals surface area (Å²) < 4.78 is 6.20. The molecule has 0 aliphatic heterocycles. The lowest BCUT2D eigenvalue weighted by Crippen LogP contribution is -1.99. The Bertz CT molecular complexity index is 278. The molecule has 13 heavy (non-hydrogen) atoms. The van der Waals surface area contributed by atoms with Gasteiger partial charge in [0.1, 0.15) is 5.75 Å². The molecule has 0 heterocycles. The molecule has 0 bridgehead atoms. The van der Waals surface area contributed by atoms with E-state index in [4.69, 9.17) is 21.4 Å². The summed E-state index contributed by atoms with van der Waals surface area (Å²) in [6, 6.07) is 5.33. The molecule has 1 aromatic carbocycles. The van der Waals surface area contributed by atoms with Crippen LogP contribution in [0.1, 0.15) is 6.42 Å². The highest BCUT2D eigenvalue weighted by molar-refractivity contribution is 9.10. The third kappa shape index (κ3) is 3.55. The van der Waals surface area contributed by atoms with Crippen molar-refractivity contribution in [3.63, 3.8) is 0 Å². The van der Waals surface area contributed by atoms with Gasteiger partial charge in [-0.15, -0.1) is 0 Å². The van der Waals surface area contributed by atoms with Gasteiger partial charge in [-0.25, -0.2) is 0 Å². The fourth-order valence-corrected chi connectivity index (χ4v) is 1.64. The Kier molecular flexibility index (Phi) is 4.56. The minimum absolute atomic E-state index is 0.144. The molecule has 0 atom stereocenters. The Morgan fingerprint density at radius 1 is 1.46 bits per heavy atom. The molecule has 0 unspecified atom stereocenters. The molecule has 0 fully saturated rings. The van der Waals surface area contributed by atoms with Crippen molar-refractivity contribution in [1.29, 1.82) is 0 Å². The molecule has 1 rings (SSSR count). The van der Waals surface area contributed by atoms with Crippen LogP contribution in [-0.4, -0.2) is 18.3 Å². The van der Waals surface area contributed by atoms with E-state index in [2.05, 4.69) is 15.9 Å². The zero-order chi connectivity index (χ0) is 9.68. The normalized spacial score (nSPS) is 10.1. The highest BCUT2D eigenvalue weighted by Crippen LogP contribution is 2.27. The van der Waals surface area contributed by atoms with E-state index >= 15 is 0 Å². The van der Waals surface area contributed by atoms with Gasteiger partial charge in [0.25, 0.3) is 0 Å². The molecule has 1 aromatic rings. The standard InChI is InChI=1S/C9H10BrClO2/c10-8-6-7(11)2-3-9(8)13-5-1-4-12/h2-3,6,12H,1,4-5H2. The lowest BCUT2D eigenvalue weighted by molar-refractivity contribution is 0.233. The molecule has 4 heteroatoms. The van der Waals surface area contributed by atoms with E-state index in [1.807, 2.05) is 0 Å². The lowest BCUT2D eigenvalue weighted by Gasteiger charge is -2.06. The van der Waals surface area contributed by atoms with Crippen molar-refractivity contribution in [1.82, 2.24) is 0 Å². The van der Waals surface area contributed by atoms with Crippen molar-refractivity contribution in [2.75, 3.05) is 13.2 Å². The van der Waals surface area contributed by atoms with Crippen molar-refractivity contribution >= 4 is 27.5 Å². The quantitative estimate of drug-likeness (QED) is 0.848. The number of aliphatic hydroxyl groups excluding tert-OH is 1. The first kappa shape index (κ1) is 10.8. The number of halogens is 2. The smallest absolute Gasteiger partial charge is 0.133 e. The van der Waals surface area contributed by atoms with Crippen LogP contribution < -0.4 is 4.74 Å². The number of rotatable bonds is 4. The molecule has 0 spiro atoms. The second-order valence-electron chi connectivity index (χ2n) is 2.50. The van der Waals surface area contributed by atoms with E-state index in [9.17, 15) is 0 Å². The summed E-state index contributed by atoms with van der Waals surface area (Å²) >= 11 is 9.08. The summed E-state index contributed by atoms with van der Waals surface area (Å²) in [5.74, 6) is 0.748. The van der Waals surface area contributed by atoms with E-state index < -0.39 is 0 Å². The van der Waals surface area contributed by atoms with Crippen LogP contribution in [0.25, 0.3) is 0 Å². The first-order valence-corrected chi connectivity index (χ1v) is 5.10. The van der Waals surface area contributed by atoms with Crippen LogP contribution in [0.5, 0.6) is 5.75 Å². The van der Waals surface area contributed by atoms with E-state index in [-0.39, 0.29) is 6.61 Å². The molecular weight excluding hydrogens is 255 g/mol. The maximum Gasteiger partial charge on any atom is 0.133 e. The molecule has 1 N–H and O–H groups in total. The molecule has 0 aromatic heterocycles. The van der Waals surface area contributed by atoms with Gasteiger partial charge in [0.15, 0.2) is 0 Å². The van der Waals surface area contributed by atoms with Gasteiger partial charge in [0.2, 0.25) is 0 Å². The Morgan fingerprint density at radius 3 is 2.85 bits per heavy atom.